The van der Waals surface area contributed by atoms with E-state index in [0.717, 1.165) is 12.0 Å². The van der Waals surface area contributed by atoms with Gasteiger partial charge < -0.3 is 15.2 Å². The molecular weight excluding hydrogens is 270 g/mol. The second-order valence-electron chi connectivity index (χ2n) is 5.38. The maximum atomic E-state index is 12.4. The summed E-state index contributed by atoms with van der Waals surface area (Å²) >= 11 is 0. The van der Waals surface area contributed by atoms with Gasteiger partial charge in [0.05, 0.1) is 18.1 Å². The fraction of sp³-hybridized carbons (Fsp3) is 0.375. The minimum Gasteiger partial charge on any atom is -0.481 e. The Morgan fingerprint density at radius 2 is 1.95 bits per heavy atom. The largest absolute Gasteiger partial charge is 0.481 e. The van der Waals surface area contributed by atoms with Crippen molar-refractivity contribution >= 4 is 17.6 Å². The number of hydrogen-bond acceptors (Lipinski definition) is 3. The zero-order valence-electron chi connectivity index (χ0n) is 11.7. The second-order valence-corrected chi connectivity index (χ2v) is 5.38. The summed E-state index contributed by atoms with van der Waals surface area (Å²) in [6, 6.07) is 7.56. The van der Waals surface area contributed by atoms with Gasteiger partial charge in [-0.25, -0.2) is 0 Å². The highest BCUT2D eigenvalue weighted by molar-refractivity contribution is 5.96. The molecule has 1 amide bonds. The van der Waals surface area contributed by atoms with E-state index in [0.29, 0.717) is 5.69 Å². The number of aryl methyl sites for hydroxylation is 1. The highest BCUT2D eigenvalue weighted by atomic mass is 16.5. The van der Waals surface area contributed by atoms with E-state index < -0.39 is 30.0 Å². The van der Waals surface area contributed by atoms with Crippen LogP contribution in [0.3, 0.4) is 0 Å². The van der Waals surface area contributed by atoms with Gasteiger partial charge in [0.15, 0.2) is 0 Å². The number of benzene rings is 1. The lowest BCUT2D eigenvalue weighted by molar-refractivity contribution is -0.145. The Morgan fingerprint density at radius 3 is 2.62 bits per heavy atom. The summed E-state index contributed by atoms with van der Waals surface area (Å²) in [4.78, 5) is 23.8. The third kappa shape index (κ3) is 2.45. The van der Waals surface area contributed by atoms with Crippen LogP contribution < -0.4 is 5.32 Å². The minimum absolute atomic E-state index is 0.299. The van der Waals surface area contributed by atoms with Crippen molar-refractivity contribution in [1.82, 2.24) is 0 Å². The molecule has 110 valence electrons. The molecule has 2 aliphatic heterocycles. The summed E-state index contributed by atoms with van der Waals surface area (Å²) in [5, 5.41) is 12.1. The van der Waals surface area contributed by atoms with Crippen molar-refractivity contribution in [2.75, 3.05) is 5.32 Å². The number of carbonyl (C=O) groups excluding carboxylic acids is 1. The topological polar surface area (TPSA) is 75.6 Å². The Balaban J connectivity index is 1.78. The van der Waals surface area contributed by atoms with Crippen LogP contribution in [0, 0.1) is 11.8 Å². The van der Waals surface area contributed by atoms with E-state index in [9.17, 15) is 14.7 Å². The molecule has 2 aliphatic rings. The molecule has 2 bridgehead atoms. The van der Waals surface area contributed by atoms with E-state index >= 15 is 0 Å². The number of anilines is 1. The molecule has 1 fully saturated rings. The van der Waals surface area contributed by atoms with Gasteiger partial charge in [0.1, 0.15) is 5.92 Å². The van der Waals surface area contributed by atoms with Gasteiger partial charge in [-0.2, -0.15) is 0 Å². The van der Waals surface area contributed by atoms with Crippen LogP contribution in [0.1, 0.15) is 12.5 Å². The van der Waals surface area contributed by atoms with E-state index in [1.807, 2.05) is 25.1 Å². The highest BCUT2D eigenvalue weighted by Crippen LogP contribution is 2.39. The van der Waals surface area contributed by atoms with Crippen LogP contribution in [0.4, 0.5) is 5.69 Å². The Bertz CT molecular complexity index is 610. The molecule has 0 saturated carbocycles. The number of carboxylic acids is 1. The van der Waals surface area contributed by atoms with Crippen molar-refractivity contribution in [2.24, 2.45) is 11.8 Å². The van der Waals surface area contributed by atoms with Crippen LogP contribution in [-0.2, 0) is 20.7 Å². The first-order valence-corrected chi connectivity index (χ1v) is 7.06. The van der Waals surface area contributed by atoms with Crippen LogP contribution >= 0.6 is 0 Å². The number of aliphatic carboxylic acids is 1. The van der Waals surface area contributed by atoms with Gasteiger partial charge in [-0.1, -0.05) is 31.2 Å². The summed E-state index contributed by atoms with van der Waals surface area (Å²) in [6.45, 7) is 2.04. The van der Waals surface area contributed by atoms with Gasteiger partial charge in [0.25, 0.3) is 0 Å². The van der Waals surface area contributed by atoms with E-state index in [2.05, 4.69) is 5.32 Å². The number of carboxylic acid groups (broad SMARTS) is 1. The molecule has 1 aromatic rings. The lowest BCUT2D eigenvalue weighted by Crippen LogP contribution is -2.39. The quantitative estimate of drug-likeness (QED) is 0.829. The van der Waals surface area contributed by atoms with E-state index in [-0.39, 0.29) is 5.91 Å². The lowest BCUT2D eigenvalue weighted by Gasteiger charge is -2.21. The first-order valence-electron chi connectivity index (χ1n) is 7.06. The highest BCUT2D eigenvalue weighted by Gasteiger charge is 2.53. The first-order chi connectivity index (χ1) is 10.1. The molecule has 3 rings (SSSR count). The Kier molecular flexibility index (Phi) is 3.51. The molecule has 5 nitrogen and oxygen atoms in total. The normalized spacial score (nSPS) is 29.6. The molecule has 4 atom stereocenters. The molecule has 1 saturated heterocycles. The number of carbonyl (C=O) groups is 2. The molecule has 2 N–H and O–H groups in total. The molecule has 21 heavy (non-hydrogen) atoms. The van der Waals surface area contributed by atoms with E-state index in [1.54, 1.807) is 18.2 Å². The van der Waals surface area contributed by atoms with Crippen LogP contribution in [0.15, 0.2) is 36.4 Å². The number of nitrogens with one attached hydrogen (secondary N) is 1. The number of rotatable bonds is 4. The molecule has 0 aromatic heterocycles. The molecule has 0 unspecified atom stereocenters. The molecule has 2 heterocycles. The van der Waals surface area contributed by atoms with Gasteiger partial charge >= 0.3 is 5.97 Å². The van der Waals surface area contributed by atoms with Crippen molar-refractivity contribution < 1.29 is 19.4 Å². The standard InChI is InChI=1S/C16H17NO4/c1-2-9-4-3-5-10(8-9)17-15(18)13-11-6-7-12(21-11)14(13)16(19)20/h3-8,11-14H,2H2,1H3,(H,17,18)(H,19,20)/t11-,12+,13+,14-/m0/s1. The number of hydrogen-bond donors (Lipinski definition) is 2. The second kappa shape index (κ2) is 5.33. The van der Waals surface area contributed by atoms with Gasteiger partial charge in [-0.05, 0) is 24.1 Å². The van der Waals surface area contributed by atoms with Gasteiger partial charge in [0, 0.05) is 5.69 Å². The Labute approximate surface area is 122 Å². The molecule has 0 spiro atoms. The maximum absolute atomic E-state index is 12.4. The van der Waals surface area contributed by atoms with Crippen LogP contribution in [0.5, 0.6) is 0 Å². The van der Waals surface area contributed by atoms with E-state index in [1.165, 1.54) is 0 Å². The zero-order valence-corrected chi connectivity index (χ0v) is 11.7. The molecule has 1 aromatic carbocycles. The average molecular weight is 287 g/mol. The monoisotopic (exact) mass is 287 g/mol. The number of amides is 1. The fourth-order valence-electron chi connectivity index (χ4n) is 3.01. The third-order valence-electron chi connectivity index (χ3n) is 4.09. The summed E-state index contributed by atoms with van der Waals surface area (Å²) in [5.74, 6) is -2.78. The molecule has 0 aliphatic carbocycles. The maximum Gasteiger partial charge on any atom is 0.310 e. The Hall–Kier alpha value is -2.14. The summed E-state index contributed by atoms with van der Waals surface area (Å²) < 4.78 is 5.51. The van der Waals surface area contributed by atoms with Crippen LogP contribution in [0.25, 0.3) is 0 Å². The van der Waals surface area contributed by atoms with Crippen LogP contribution in [-0.4, -0.2) is 29.2 Å². The summed E-state index contributed by atoms with van der Waals surface area (Å²) in [5.41, 5.74) is 1.81. The number of fused-ring (bicyclic) bond motifs is 2. The Morgan fingerprint density at radius 1 is 1.24 bits per heavy atom. The molecule has 5 heteroatoms. The van der Waals surface area contributed by atoms with Crippen molar-refractivity contribution in [2.45, 2.75) is 25.6 Å². The van der Waals surface area contributed by atoms with Crippen molar-refractivity contribution in [3.63, 3.8) is 0 Å². The number of ether oxygens (including phenoxy) is 1. The predicted molar refractivity (Wildman–Crippen MR) is 76.9 cm³/mol. The third-order valence-corrected chi connectivity index (χ3v) is 4.09. The molecule has 0 radical (unpaired) electrons. The SMILES string of the molecule is CCc1cccc(NC(=O)[C@H]2[C@@H](C(=O)O)[C@H]3C=C[C@@H]2O3)c1. The van der Waals surface area contributed by atoms with Crippen LogP contribution in [0.2, 0.25) is 0 Å². The lowest BCUT2D eigenvalue weighted by atomic mass is 9.82. The van der Waals surface area contributed by atoms with Crippen molar-refractivity contribution in [1.29, 1.82) is 0 Å². The van der Waals surface area contributed by atoms with Gasteiger partial charge in [-0.15, -0.1) is 0 Å². The van der Waals surface area contributed by atoms with Gasteiger partial charge in [-0.3, -0.25) is 9.59 Å². The summed E-state index contributed by atoms with van der Waals surface area (Å²) in [7, 11) is 0. The molecular formula is C16H17NO4. The zero-order chi connectivity index (χ0) is 15.0. The summed E-state index contributed by atoms with van der Waals surface area (Å²) in [6.07, 6.45) is 3.44. The van der Waals surface area contributed by atoms with Crippen molar-refractivity contribution in [3.05, 3.63) is 42.0 Å². The van der Waals surface area contributed by atoms with Gasteiger partial charge in [0.2, 0.25) is 5.91 Å². The average Bonchev–Trinajstić information content (AvgIpc) is 3.07. The predicted octanol–water partition coefficient (Wildman–Crippen LogP) is 1.84. The van der Waals surface area contributed by atoms with E-state index in [4.69, 9.17) is 4.74 Å². The minimum atomic E-state index is -0.991. The van der Waals surface area contributed by atoms with Crippen molar-refractivity contribution in [3.8, 4) is 0 Å². The smallest absolute Gasteiger partial charge is 0.310 e. The fourth-order valence-corrected chi connectivity index (χ4v) is 3.01. The first kappa shape index (κ1) is 13.8.